The monoisotopic (exact) mass is 506 g/mol. The van der Waals surface area contributed by atoms with E-state index in [1.165, 1.54) is 30.3 Å². The van der Waals surface area contributed by atoms with Gasteiger partial charge in [-0.3, -0.25) is 9.10 Å². The van der Waals surface area contributed by atoms with E-state index in [4.69, 9.17) is 32.7 Å². The minimum absolute atomic E-state index is 0.0458. The fourth-order valence-electron chi connectivity index (χ4n) is 3.25. The van der Waals surface area contributed by atoms with E-state index in [0.29, 0.717) is 11.5 Å². The maximum absolute atomic E-state index is 13.3. The predicted octanol–water partition coefficient (Wildman–Crippen LogP) is 4.14. The number of sulfonamides is 1. The van der Waals surface area contributed by atoms with E-state index in [1.807, 2.05) is 12.1 Å². The van der Waals surface area contributed by atoms with E-state index >= 15 is 0 Å². The van der Waals surface area contributed by atoms with Crippen LogP contribution in [0.15, 0.2) is 77.7 Å². The third-order valence-electron chi connectivity index (χ3n) is 4.90. The van der Waals surface area contributed by atoms with Crippen LogP contribution in [0.5, 0.6) is 11.5 Å². The molecule has 1 heterocycles. The zero-order valence-corrected chi connectivity index (χ0v) is 19.6. The van der Waals surface area contributed by atoms with Crippen molar-refractivity contribution >= 4 is 44.8 Å². The van der Waals surface area contributed by atoms with Crippen LogP contribution in [-0.4, -0.2) is 40.1 Å². The molecule has 10 heteroatoms. The van der Waals surface area contributed by atoms with Crippen LogP contribution in [-0.2, 0) is 14.8 Å². The Morgan fingerprint density at radius 2 is 1.67 bits per heavy atom. The number of amides is 1. The maximum atomic E-state index is 13.3. The van der Waals surface area contributed by atoms with Crippen LogP contribution < -0.4 is 19.1 Å². The molecule has 1 amide bonds. The maximum Gasteiger partial charge on any atom is 0.264 e. The van der Waals surface area contributed by atoms with Crippen LogP contribution in [0.4, 0.5) is 5.69 Å². The van der Waals surface area contributed by atoms with Crippen molar-refractivity contribution in [2.45, 2.75) is 11.0 Å². The van der Waals surface area contributed by atoms with Gasteiger partial charge in [0.25, 0.3) is 10.0 Å². The van der Waals surface area contributed by atoms with Crippen molar-refractivity contribution in [1.82, 2.24) is 5.32 Å². The first-order valence-corrected chi connectivity index (χ1v) is 12.2. The predicted molar refractivity (Wildman–Crippen MR) is 127 cm³/mol. The molecule has 0 aromatic heterocycles. The van der Waals surface area contributed by atoms with E-state index in [1.54, 1.807) is 30.3 Å². The lowest BCUT2D eigenvalue weighted by molar-refractivity contribution is -0.120. The summed E-state index contributed by atoms with van der Waals surface area (Å²) in [5, 5.41) is 3.17. The quantitative estimate of drug-likeness (QED) is 0.520. The van der Waals surface area contributed by atoms with E-state index < -0.39 is 28.6 Å². The van der Waals surface area contributed by atoms with Crippen LogP contribution in [0, 0.1) is 0 Å². The summed E-state index contributed by atoms with van der Waals surface area (Å²) in [7, 11) is -4.05. The summed E-state index contributed by atoms with van der Waals surface area (Å²) in [6, 6.07) is 19.5. The summed E-state index contributed by atoms with van der Waals surface area (Å²) in [5.41, 5.74) is 0.217. The molecule has 0 saturated heterocycles. The Kier molecular flexibility index (Phi) is 6.97. The molecule has 1 N–H and O–H groups in total. The van der Waals surface area contributed by atoms with Crippen LogP contribution in [0.25, 0.3) is 0 Å². The minimum atomic E-state index is -4.05. The molecule has 0 radical (unpaired) electrons. The van der Waals surface area contributed by atoms with E-state index in [0.717, 1.165) is 4.31 Å². The molecule has 0 saturated carbocycles. The highest BCUT2D eigenvalue weighted by molar-refractivity contribution is 7.92. The van der Waals surface area contributed by atoms with Crippen molar-refractivity contribution in [3.05, 3.63) is 82.8 Å². The molecule has 1 aliphatic rings. The van der Waals surface area contributed by atoms with Crippen molar-refractivity contribution in [2.24, 2.45) is 0 Å². The largest absolute Gasteiger partial charge is 0.486 e. The number of nitrogens with zero attached hydrogens (tertiary/aromatic N) is 1. The topological polar surface area (TPSA) is 84.9 Å². The number of nitrogens with one attached hydrogen (secondary N) is 1. The number of hydrogen-bond acceptors (Lipinski definition) is 5. The lowest BCUT2D eigenvalue weighted by atomic mass is 10.2. The zero-order chi connectivity index (χ0) is 23.4. The summed E-state index contributed by atoms with van der Waals surface area (Å²) in [6.07, 6.45) is -0.409. The highest BCUT2D eigenvalue weighted by Gasteiger charge is 2.28. The van der Waals surface area contributed by atoms with Gasteiger partial charge in [-0.15, -0.1) is 0 Å². The van der Waals surface area contributed by atoms with Gasteiger partial charge in [-0.05, 0) is 42.5 Å². The summed E-state index contributed by atoms with van der Waals surface area (Å²) < 4.78 is 39.1. The molecule has 33 heavy (non-hydrogen) atoms. The fraction of sp³-hybridized carbons (Fsp3) is 0.174. The average Bonchev–Trinajstić information content (AvgIpc) is 2.83. The number of rotatable bonds is 7. The molecule has 0 bridgehead atoms. The Hall–Kier alpha value is -2.94. The first-order valence-electron chi connectivity index (χ1n) is 10.0. The number of halogens is 2. The molecule has 0 fully saturated rings. The number of fused-ring (bicyclic) bond motifs is 1. The van der Waals surface area contributed by atoms with Gasteiger partial charge in [0.1, 0.15) is 19.3 Å². The highest BCUT2D eigenvalue weighted by Crippen LogP contribution is 2.31. The summed E-state index contributed by atoms with van der Waals surface area (Å²) in [6.45, 7) is -0.0523. The molecular weight excluding hydrogens is 487 g/mol. The lowest BCUT2D eigenvalue weighted by Crippen LogP contribution is -2.45. The molecule has 1 atom stereocenters. The summed E-state index contributed by atoms with van der Waals surface area (Å²) >= 11 is 12.1. The summed E-state index contributed by atoms with van der Waals surface area (Å²) in [5.74, 6) is 0.718. The molecule has 1 aliphatic heterocycles. The third kappa shape index (κ3) is 5.35. The minimum Gasteiger partial charge on any atom is -0.486 e. The molecule has 7 nitrogen and oxygen atoms in total. The molecular formula is C23H20Cl2N2O5S. The van der Waals surface area contributed by atoms with Crippen LogP contribution in [0.1, 0.15) is 0 Å². The van der Waals surface area contributed by atoms with Crippen molar-refractivity contribution in [2.75, 3.05) is 24.0 Å². The van der Waals surface area contributed by atoms with Crippen LogP contribution in [0.2, 0.25) is 10.0 Å². The van der Waals surface area contributed by atoms with Crippen molar-refractivity contribution in [3.8, 4) is 11.5 Å². The molecule has 4 rings (SSSR count). The van der Waals surface area contributed by atoms with Crippen LogP contribution >= 0.6 is 23.2 Å². The van der Waals surface area contributed by atoms with Gasteiger partial charge in [-0.25, -0.2) is 8.42 Å². The zero-order valence-electron chi connectivity index (χ0n) is 17.3. The first-order chi connectivity index (χ1) is 15.8. The Labute approximate surface area is 201 Å². The van der Waals surface area contributed by atoms with E-state index in [9.17, 15) is 13.2 Å². The van der Waals surface area contributed by atoms with E-state index in [2.05, 4.69) is 5.32 Å². The molecule has 0 unspecified atom stereocenters. The molecule has 3 aromatic carbocycles. The Bertz CT molecular complexity index is 1250. The SMILES string of the molecule is O=C(CN(c1ccc(Cl)c(Cl)c1)S(=O)(=O)c1ccccc1)NC[C@H]1COc2ccccc2O1. The normalized spacial score (nSPS) is 15.0. The lowest BCUT2D eigenvalue weighted by Gasteiger charge is -2.27. The number of carbonyl (C=O) groups excluding carboxylic acids is 1. The van der Waals surface area contributed by atoms with Gasteiger partial charge < -0.3 is 14.8 Å². The Balaban J connectivity index is 1.50. The van der Waals surface area contributed by atoms with Crippen LogP contribution in [0.3, 0.4) is 0 Å². The highest BCUT2D eigenvalue weighted by atomic mass is 35.5. The smallest absolute Gasteiger partial charge is 0.264 e. The third-order valence-corrected chi connectivity index (χ3v) is 7.43. The Morgan fingerprint density at radius 1 is 0.970 bits per heavy atom. The van der Waals surface area contributed by atoms with Gasteiger partial charge >= 0.3 is 0 Å². The summed E-state index contributed by atoms with van der Waals surface area (Å²) in [4.78, 5) is 12.8. The first kappa shape index (κ1) is 23.2. The number of hydrogen-bond donors (Lipinski definition) is 1. The van der Waals surface area contributed by atoms with Crippen molar-refractivity contribution in [1.29, 1.82) is 0 Å². The second kappa shape index (κ2) is 9.91. The standard InChI is InChI=1S/C23H20Cl2N2O5S/c24-19-11-10-16(12-20(19)25)27(33(29,30)18-6-2-1-3-7-18)14-23(28)26-13-17-15-31-21-8-4-5-9-22(21)32-17/h1-12,17H,13-15H2,(H,26,28)/t17-/m0/s1. The van der Waals surface area contributed by atoms with E-state index in [-0.39, 0.29) is 33.8 Å². The second-order valence-electron chi connectivity index (χ2n) is 7.22. The average molecular weight is 507 g/mol. The van der Waals surface area contributed by atoms with Gasteiger partial charge in [0.05, 0.1) is 27.2 Å². The molecule has 172 valence electrons. The Morgan fingerprint density at radius 3 is 2.39 bits per heavy atom. The number of ether oxygens (including phenoxy) is 2. The molecule has 3 aromatic rings. The van der Waals surface area contributed by atoms with Gasteiger partial charge in [0, 0.05) is 0 Å². The fourth-order valence-corrected chi connectivity index (χ4v) is 4.98. The second-order valence-corrected chi connectivity index (χ2v) is 9.90. The number of benzene rings is 3. The van der Waals surface area contributed by atoms with Crippen molar-refractivity contribution < 1.29 is 22.7 Å². The van der Waals surface area contributed by atoms with Gasteiger partial charge in [-0.1, -0.05) is 53.5 Å². The van der Waals surface area contributed by atoms with Crippen molar-refractivity contribution in [3.63, 3.8) is 0 Å². The number of anilines is 1. The number of carbonyl (C=O) groups is 1. The van der Waals surface area contributed by atoms with Gasteiger partial charge in [0.15, 0.2) is 11.5 Å². The molecule has 0 aliphatic carbocycles. The van der Waals surface area contributed by atoms with Gasteiger partial charge in [0.2, 0.25) is 5.91 Å². The molecule has 0 spiro atoms. The number of para-hydroxylation sites is 2. The van der Waals surface area contributed by atoms with Gasteiger partial charge in [-0.2, -0.15) is 0 Å².